The molecular formula is C17H13NO8S. The Hall–Kier alpha value is -3.40. The van der Waals surface area contributed by atoms with E-state index in [-0.39, 0.29) is 27.3 Å². The zero-order valence-corrected chi connectivity index (χ0v) is 15.0. The minimum atomic E-state index is -4.26. The normalized spacial score (nSPS) is 11.3. The fourth-order valence-corrected chi connectivity index (χ4v) is 3.81. The highest BCUT2D eigenvalue weighted by Gasteiger charge is 2.25. The highest BCUT2D eigenvalue weighted by Crippen LogP contribution is 2.32. The van der Waals surface area contributed by atoms with Gasteiger partial charge in [0.15, 0.2) is 16.4 Å². The summed E-state index contributed by atoms with van der Waals surface area (Å²) in [5.74, 6) is 0.483. The Bertz CT molecular complexity index is 1210. The van der Waals surface area contributed by atoms with Crippen LogP contribution >= 0.6 is 0 Å². The van der Waals surface area contributed by atoms with Gasteiger partial charge in [-0.15, -0.1) is 0 Å². The average Bonchev–Trinajstić information content (AvgIpc) is 2.66. The Kier molecular flexibility index (Phi) is 4.58. The lowest BCUT2D eigenvalue weighted by molar-refractivity contribution is -0.384. The minimum absolute atomic E-state index is 0.0388. The first-order valence-electron chi connectivity index (χ1n) is 7.47. The van der Waals surface area contributed by atoms with Crippen LogP contribution in [0.4, 0.5) is 5.69 Å². The number of benzene rings is 2. The molecule has 2 aromatic carbocycles. The summed E-state index contributed by atoms with van der Waals surface area (Å²) in [7, 11) is -1.52. The summed E-state index contributed by atoms with van der Waals surface area (Å²) in [6, 6.07) is 8.44. The molecule has 0 unspecified atom stereocenters. The van der Waals surface area contributed by atoms with Crippen LogP contribution in [0, 0.1) is 10.1 Å². The minimum Gasteiger partial charge on any atom is -0.493 e. The molecule has 0 spiro atoms. The van der Waals surface area contributed by atoms with Crippen molar-refractivity contribution in [2.75, 3.05) is 14.2 Å². The summed E-state index contributed by atoms with van der Waals surface area (Å²) in [6.07, 6.45) is 0. The van der Waals surface area contributed by atoms with Crippen molar-refractivity contribution >= 4 is 26.5 Å². The van der Waals surface area contributed by atoms with Crippen molar-refractivity contribution in [3.8, 4) is 11.5 Å². The van der Waals surface area contributed by atoms with Gasteiger partial charge >= 0.3 is 5.63 Å². The highest BCUT2D eigenvalue weighted by molar-refractivity contribution is 7.91. The summed E-state index contributed by atoms with van der Waals surface area (Å²) in [4.78, 5) is 21.6. The van der Waals surface area contributed by atoms with E-state index in [9.17, 15) is 23.3 Å². The van der Waals surface area contributed by atoms with Crippen molar-refractivity contribution in [1.29, 1.82) is 0 Å². The molecule has 1 aromatic heterocycles. The van der Waals surface area contributed by atoms with Crippen molar-refractivity contribution in [2.45, 2.75) is 9.79 Å². The molecule has 0 bridgehead atoms. The smallest absolute Gasteiger partial charge is 0.355 e. The predicted octanol–water partition coefficient (Wildman–Crippen LogP) is 2.55. The van der Waals surface area contributed by atoms with Crippen LogP contribution in [0.15, 0.2) is 61.5 Å². The van der Waals surface area contributed by atoms with Crippen LogP contribution in [-0.4, -0.2) is 27.6 Å². The van der Waals surface area contributed by atoms with Gasteiger partial charge in [0.1, 0.15) is 5.58 Å². The van der Waals surface area contributed by atoms with Gasteiger partial charge in [0, 0.05) is 23.6 Å². The van der Waals surface area contributed by atoms with E-state index >= 15 is 0 Å². The second-order valence-corrected chi connectivity index (χ2v) is 7.32. The molecule has 27 heavy (non-hydrogen) atoms. The van der Waals surface area contributed by atoms with E-state index in [2.05, 4.69) is 0 Å². The molecule has 0 radical (unpaired) electrons. The van der Waals surface area contributed by atoms with Gasteiger partial charge in [-0.3, -0.25) is 10.1 Å². The summed E-state index contributed by atoms with van der Waals surface area (Å²) < 4.78 is 41.0. The van der Waals surface area contributed by atoms with E-state index in [0.717, 1.165) is 18.2 Å². The van der Waals surface area contributed by atoms with E-state index in [0.29, 0.717) is 5.75 Å². The van der Waals surface area contributed by atoms with Crippen molar-refractivity contribution in [2.24, 2.45) is 0 Å². The maximum Gasteiger partial charge on any atom is 0.355 e. The molecule has 1 heterocycles. The Morgan fingerprint density at radius 1 is 1.00 bits per heavy atom. The van der Waals surface area contributed by atoms with Gasteiger partial charge < -0.3 is 13.9 Å². The summed E-state index contributed by atoms with van der Waals surface area (Å²) in [5.41, 5.74) is -1.30. The lowest BCUT2D eigenvalue weighted by atomic mass is 10.2. The van der Waals surface area contributed by atoms with Crippen molar-refractivity contribution in [3.05, 3.63) is 63.0 Å². The van der Waals surface area contributed by atoms with Crippen LogP contribution < -0.4 is 15.1 Å². The maximum absolute atomic E-state index is 12.9. The Morgan fingerprint density at radius 3 is 2.33 bits per heavy atom. The molecule has 0 amide bonds. The number of methoxy groups -OCH3 is 2. The van der Waals surface area contributed by atoms with Crippen LogP contribution in [0.2, 0.25) is 0 Å². The molecule has 10 heteroatoms. The Labute approximate surface area is 152 Å². The van der Waals surface area contributed by atoms with Gasteiger partial charge in [-0.2, -0.15) is 0 Å². The van der Waals surface area contributed by atoms with Gasteiger partial charge in [0.25, 0.3) is 5.69 Å². The third kappa shape index (κ3) is 3.22. The van der Waals surface area contributed by atoms with Gasteiger partial charge in [0.2, 0.25) is 9.84 Å². The van der Waals surface area contributed by atoms with E-state index in [1.54, 1.807) is 0 Å². The molecule has 0 fully saturated rings. The first kappa shape index (κ1) is 18.4. The van der Waals surface area contributed by atoms with Crippen LogP contribution in [-0.2, 0) is 9.84 Å². The van der Waals surface area contributed by atoms with Crippen LogP contribution in [0.25, 0.3) is 11.0 Å². The van der Waals surface area contributed by atoms with Gasteiger partial charge in [-0.25, -0.2) is 13.2 Å². The maximum atomic E-state index is 12.9. The Morgan fingerprint density at radius 2 is 1.70 bits per heavy atom. The molecule has 140 valence electrons. The fourth-order valence-electron chi connectivity index (χ4n) is 2.50. The van der Waals surface area contributed by atoms with Crippen LogP contribution in [0.1, 0.15) is 0 Å². The highest BCUT2D eigenvalue weighted by atomic mass is 32.2. The number of hydrogen-bond donors (Lipinski definition) is 0. The molecule has 0 saturated carbocycles. The standard InChI is InChI=1S/C17H13NO8S/c1-24-14-6-4-12(9-15(14)25-2)27(22,23)16-8-10-7-11(18(20)21)3-5-13(10)26-17(16)19/h3-9H,1-2H3. The lowest BCUT2D eigenvalue weighted by Crippen LogP contribution is -2.14. The molecule has 0 aliphatic carbocycles. The SMILES string of the molecule is COc1ccc(S(=O)(=O)c2cc3cc([N+](=O)[O-])ccc3oc2=O)cc1OC. The zero-order valence-electron chi connectivity index (χ0n) is 14.2. The molecule has 3 aromatic rings. The van der Waals surface area contributed by atoms with E-state index < -0.39 is 25.3 Å². The van der Waals surface area contributed by atoms with Crippen LogP contribution in [0.5, 0.6) is 11.5 Å². The first-order valence-corrected chi connectivity index (χ1v) is 8.95. The van der Waals surface area contributed by atoms with E-state index in [1.165, 1.54) is 38.5 Å². The number of hydrogen-bond acceptors (Lipinski definition) is 8. The number of rotatable bonds is 5. The Balaban J connectivity index is 2.22. The van der Waals surface area contributed by atoms with Crippen molar-refractivity contribution in [1.82, 2.24) is 0 Å². The number of non-ortho nitro benzene ring substituents is 1. The molecule has 0 aliphatic rings. The largest absolute Gasteiger partial charge is 0.493 e. The number of ether oxygens (including phenoxy) is 2. The summed E-state index contributed by atoms with van der Waals surface area (Å²) in [6.45, 7) is 0. The van der Waals surface area contributed by atoms with Crippen molar-refractivity contribution < 1.29 is 27.2 Å². The second kappa shape index (κ2) is 6.72. The summed E-state index contributed by atoms with van der Waals surface area (Å²) >= 11 is 0. The topological polar surface area (TPSA) is 126 Å². The van der Waals surface area contributed by atoms with E-state index in [1.807, 2.05) is 0 Å². The molecule has 0 atom stereocenters. The molecule has 3 rings (SSSR count). The third-order valence-electron chi connectivity index (χ3n) is 3.85. The van der Waals surface area contributed by atoms with Crippen molar-refractivity contribution in [3.63, 3.8) is 0 Å². The average molecular weight is 391 g/mol. The number of sulfone groups is 1. The molecule has 0 saturated heterocycles. The first-order chi connectivity index (χ1) is 12.8. The quantitative estimate of drug-likeness (QED) is 0.369. The number of nitrogens with zero attached hydrogens (tertiary/aromatic N) is 1. The number of nitro groups is 1. The third-order valence-corrected chi connectivity index (χ3v) is 5.59. The predicted molar refractivity (Wildman–Crippen MR) is 94.1 cm³/mol. The molecule has 0 N–H and O–H groups in total. The lowest BCUT2D eigenvalue weighted by Gasteiger charge is -2.10. The monoisotopic (exact) mass is 391 g/mol. The molecular weight excluding hydrogens is 378 g/mol. The van der Waals surface area contributed by atoms with Gasteiger partial charge in [-0.1, -0.05) is 0 Å². The fraction of sp³-hybridized carbons (Fsp3) is 0.118. The number of fused-ring (bicyclic) bond motifs is 1. The van der Waals surface area contributed by atoms with Gasteiger partial charge in [-0.05, 0) is 24.3 Å². The molecule has 0 aliphatic heterocycles. The van der Waals surface area contributed by atoms with Gasteiger partial charge in [0.05, 0.1) is 24.0 Å². The molecule has 9 nitrogen and oxygen atoms in total. The zero-order chi connectivity index (χ0) is 19.8. The van der Waals surface area contributed by atoms with Crippen LogP contribution in [0.3, 0.4) is 0 Å². The number of nitro benzene ring substituents is 1. The second-order valence-electron chi connectivity index (χ2n) is 5.40. The van der Waals surface area contributed by atoms with E-state index in [4.69, 9.17) is 13.9 Å². The summed E-state index contributed by atoms with van der Waals surface area (Å²) in [5, 5.41) is 11.0.